The van der Waals surface area contributed by atoms with Crippen molar-refractivity contribution < 1.29 is 18.7 Å². The first kappa shape index (κ1) is 16.2. The van der Waals surface area contributed by atoms with Crippen LogP contribution in [0.25, 0.3) is 11.0 Å². The van der Waals surface area contributed by atoms with E-state index in [-0.39, 0.29) is 12.5 Å². The highest BCUT2D eigenvalue weighted by atomic mass is 16.5. The van der Waals surface area contributed by atoms with E-state index >= 15 is 0 Å². The minimum atomic E-state index is -1.23. The second kappa shape index (κ2) is 5.91. The van der Waals surface area contributed by atoms with Crippen LogP contribution in [0.4, 0.5) is 4.79 Å². The van der Waals surface area contributed by atoms with Crippen molar-refractivity contribution in [2.75, 3.05) is 7.11 Å². The molecule has 6 nitrogen and oxygen atoms in total. The van der Waals surface area contributed by atoms with E-state index < -0.39 is 11.6 Å². The Labute approximate surface area is 150 Å². The number of carbonyl (C=O) groups excluding carboxylic acids is 2. The van der Waals surface area contributed by atoms with E-state index in [1.165, 1.54) is 4.90 Å². The maximum Gasteiger partial charge on any atom is 0.325 e. The van der Waals surface area contributed by atoms with E-state index in [1.54, 1.807) is 26.2 Å². The molecule has 1 aliphatic heterocycles. The van der Waals surface area contributed by atoms with Gasteiger partial charge in [0.05, 0.1) is 13.7 Å². The van der Waals surface area contributed by atoms with Crippen molar-refractivity contribution in [1.82, 2.24) is 10.2 Å². The van der Waals surface area contributed by atoms with Gasteiger partial charge in [-0.05, 0) is 36.8 Å². The van der Waals surface area contributed by atoms with Crippen molar-refractivity contribution in [3.05, 3.63) is 65.9 Å². The molecule has 0 saturated carbocycles. The fourth-order valence-corrected chi connectivity index (χ4v) is 3.19. The topological polar surface area (TPSA) is 71.8 Å². The van der Waals surface area contributed by atoms with E-state index in [0.717, 1.165) is 10.9 Å². The van der Waals surface area contributed by atoms with E-state index in [0.29, 0.717) is 17.1 Å². The van der Waals surface area contributed by atoms with E-state index in [1.807, 2.05) is 42.5 Å². The van der Waals surface area contributed by atoms with Crippen molar-refractivity contribution in [3.63, 3.8) is 0 Å². The summed E-state index contributed by atoms with van der Waals surface area (Å²) in [7, 11) is 1.57. The van der Waals surface area contributed by atoms with E-state index in [4.69, 9.17) is 9.15 Å². The van der Waals surface area contributed by atoms with Crippen LogP contribution in [0.3, 0.4) is 0 Å². The molecule has 1 unspecified atom stereocenters. The standard InChI is InChI=1S/C20H18N2O4/c1-20(17-11-14-7-3-4-9-16(14)26-17)18(23)22(19(24)21-20)12-13-6-5-8-15(10-13)25-2/h3-11H,12H2,1-2H3,(H,21,24). The quantitative estimate of drug-likeness (QED) is 0.732. The van der Waals surface area contributed by atoms with Gasteiger partial charge in [0.2, 0.25) is 0 Å². The number of rotatable bonds is 4. The van der Waals surface area contributed by atoms with Gasteiger partial charge in [0.1, 0.15) is 17.1 Å². The maximum atomic E-state index is 13.0. The molecule has 3 aromatic rings. The summed E-state index contributed by atoms with van der Waals surface area (Å²) in [5.41, 5.74) is 0.258. The Bertz CT molecular complexity index is 977. The lowest BCUT2D eigenvalue weighted by Crippen LogP contribution is -2.40. The zero-order valence-corrected chi connectivity index (χ0v) is 14.5. The van der Waals surface area contributed by atoms with Crippen LogP contribution < -0.4 is 10.1 Å². The number of carbonyl (C=O) groups is 2. The Morgan fingerprint density at radius 2 is 1.92 bits per heavy atom. The van der Waals surface area contributed by atoms with Gasteiger partial charge in [-0.1, -0.05) is 30.3 Å². The van der Waals surface area contributed by atoms with Crippen molar-refractivity contribution >= 4 is 22.9 Å². The Morgan fingerprint density at radius 1 is 1.12 bits per heavy atom. The lowest BCUT2D eigenvalue weighted by atomic mass is 9.98. The van der Waals surface area contributed by atoms with Gasteiger partial charge in [0.25, 0.3) is 5.91 Å². The first-order valence-corrected chi connectivity index (χ1v) is 8.27. The summed E-state index contributed by atoms with van der Waals surface area (Å²) < 4.78 is 11.0. The maximum absolute atomic E-state index is 13.0. The molecule has 6 heteroatoms. The average Bonchev–Trinajstić information content (AvgIpc) is 3.18. The lowest BCUT2D eigenvalue weighted by Gasteiger charge is -2.19. The SMILES string of the molecule is COc1cccc(CN2C(=O)NC(C)(c3cc4ccccc4o3)C2=O)c1. The van der Waals surface area contributed by atoms with Gasteiger partial charge in [0, 0.05) is 5.39 Å². The van der Waals surface area contributed by atoms with Crippen LogP contribution in [-0.4, -0.2) is 23.9 Å². The number of ether oxygens (including phenoxy) is 1. The van der Waals surface area contributed by atoms with Crippen molar-refractivity contribution in [1.29, 1.82) is 0 Å². The molecule has 132 valence electrons. The predicted molar refractivity (Wildman–Crippen MR) is 95.6 cm³/mol. The number of fused-ring (bicyclic) bond motifs is 1. The third kappa shape index (κ3) is 2.50. The highest BCUT2D eigenvalue weighted by molar-refractivity contribution is 6.07. The van der Waals surface area contributed by atoms with Crippen molar-refractivity contribution in [2.45, 2.75) is 19.0 Å². The number of furan rings is 1. The van der Waals surface area contributed by atoms with Crippen molar-refractivity contribution in [2.24, 2.45) is 0 Å². The number of hydrogen-bond acceptors (Lipinski definition) is 4. The third-order valence-electron chi connectivity index (χ3n) is 4.67. The molecule has 0 aliphatic carbocycles. The number of para-hydroxylation sites is 1. The summed E-state index contributed by atoms with van der Waals surface area (Å²) in [5, 5.41) is 3.65. The van der Waals surface area contributed by atoms with Crippen LogP contribution >= 0.6 is 0 Å². The number of methoxy groups -OCH3 is 1. The average molecular weight is 350 g/mol. The zero-order valence-electron chi connectivity index (χ0n) is 14.5. The molecular formula is C20H18N2O4. The molecule has 1 saturated heterocycles. The predicted octanol–water partition coefficient (Wildman–Crippen LogP) is 3.41. The number of nitrogens with zero attached hydrogens (tertiary/aromatic N) is 1. The van der Waals surface area contributed by atoms with E-state index in [9.17, 15) is 9.59 Å². The Hall–Kier alpha value is -3.28. The molecule has 3 amide bonds. The molecule has 26 heavy (non-hydrogen) atoms. The molecule has 0 spiro atoms. The molecule has 1 aliphatic rings. The van der Waals surface area contributed by atoms with E-state index in [2.05, 4.69) is 5.32 Å². The molecule has 2 heterocycles. The fraction of sp³-hybridized carbons (Fsp3) is 0.200. The third-order valence-corrected chi connectivity index (χ3v) is 4.67. The largest absolute Gasteiger partial charge is 0.497 e. The second-order valence-electron chi connectivity index (χ2n) is 6.45. The summed E-state index contributed by atoms with van der Waals surface area (Å²) in [6.45, 7) is 1.83. The molecule has 1 atom stereocenters. The molecule has 4 rings (SSSR count). The number of nitrogens with one attached hydrogen (secondary N) is 1. The summed E-state index contributed by atoms with van der Waals surface area (Å²) in [6, 6.07) is 16.1. The zero-order chi connectivity index (χ0) is 18.3. The van der Waals surface area contributed by atoms with Crippen LogP contribution in [0, 0.1) is 0 Å². The molecule has 1 N–H and O–H groups in total. The van der Waals surface area contributed by atoms with Gasteiger partial charge in [-0.3, -0.25) is 9.69 Å². The van der Waals surface area contributed by atoms with Gasteiger partial charge in [-0.25, -0.2) is 4.79 Å². The van der Waals surface area contributed by atoms with Crippen molar-refractivity contribution in [3.8, 4) is 5.75 Å². The van der Waals surface area contributed by atoms with Gasteiger partial charge in [-0.2, -0.15) is 0 Å². The summed E-state index contributed by atoms with van der Waals surface area (Å²) in [6.07, 6.45) is 0. The molecule has 1 fully saturated rings. The van der Waals surface area contributed by atoms with Crippen LogP contribution in [-0.2, 0) is 16.9 Å². The number of hydrogen-bond donors (Lipinski definition) is 1. The first-order chi connectivity index (χ1) is 12.5. The number of imide groups is 1. The molecule has 0 radical (unpaired) electrons. The first-order valence-electron chi connectivity index (χ1n) is 8.27. The van der Waals surface area contributed by atoms with Crippen LogP contribution in [0.1, 0.15) is 18.2 Å². The normalized spacial score (nSPS) is 19.8. The minimum absolute atomic E-state index is 0.164. The molecule has 1 aromatic heterocycles. The smallest absolute Gasteiger partial charge is 0.325 e. The molecule has 2 aromatic carbocycles. The Kier molecular flexibility index (Phi) is 3.68. The highest BCUT2D eigenvalue weighted by Crippen LogP contribution is 2.33. The number of urea groups is 1. The van der Waals surface area contributed by atoms with Gasteiger partial charge >= 0.3 is 6.03 Å². The summed E-state index contributed by atoms with van der Waals surface area (Å²) in [4.78, 5) is 26.7. The summed E-state index contributed by atoms with van der Waals surface area (Å²) in [5.74, 6) is 0.754. The molecular weight excluding hydrogens is 332 g/mol. The van der Waals surface area contributed by atoms with Gasteiger partial charge < -0.3 is 14.5 Å². The minimum Gasteiger partial charge on any atom is -0.497 e. The van der Waals surface area contributed by atoms with Gasteiger partial charge in [0.15, 0.2) is 5.54 Å². The van der Waals surface area contributed by atoms with Crippen LogP contribution in [0.5, 0.6) is 5.75 Å². The summed E-state index contributed by atoms with van der Waals surface area (Å²) >= 11 is 0. The number of benzene rings is 2. The highest BCUT2D eigenvalue weighted by Gasteiger charge is 2.51. The fourth-order valence-electron chi connectivity index (χ4n) is 3.19. The Morgan fingerprint density at radius 3 is 2.69 bits per heavy atom. The monoisotopic (exact) mass is 350 g/mol. The Balaban J connectivity index is 1.65. The van der Waals surface area contributed by atoms with Gasteiger partial charge in [-0.15, -0.1) is 0 Å². The van der Waals surface area contributed by atoms with Crippen LogP contribution in [0.2, 0.25) is 0 Å². The lowest BCUT2D eigenvalue weighted by molar-refractivity contribution is -0.132. The number of amides is 3. The second-order valence-corrected chi connectivity index (χ2v) is 6.45. The molecule has 0 bridgehead atoms. The van der Waals surface area contributed by atoms with Crippen LogP contribution in [0.15, 0.2) is 59.0 Å².